The molecule has 3 aromatic rings. The maximum Gasteiger partial charge on any atom is 0.243 e. The Hall–Kier alpha value is -3.08. The molecule has 0 aliphatic heterocycles. The van der Waals surface area contributed by atoms with E-state index in [2.05, 4.69) is 27.6 Å². The molecule has 1 fully saturated rings. The first-order chi connectivity index (χ1) is 12.3. The number of rotatable bonds is 5. The van der Waals surface area contributed by atoms with Crippen LogP contribution in [0.4, 0.5) is 0 Å². The molecule has 2 N–H and O–H groups in total. The second-order valence-electron chi connectivity index (χ2n) is 6.25. The highest BCUT2D eigenvalue weighted by molar-refractivity contribution is 6.00. The van der Waals surface area contributed by atoms with Crippen LogP contribution in [0.25, 0.3) is 10.9 Å². The molecular weight excluding hydrogens is 314 g/mol. The molecule has 1 aliphatic carbocycles. The van der Waals surface area contributed by atoms with Gasteiger partial charge in [0.15, 0.2) is 0 Å². The Labute approximate surface area is 145 Å². The second-order valence-corrected chi connectivity index (χ2v) is 6.25. The van der Waals surface area contributed by atoms with E-state index in [1.807, 2.05) is 42.6 Å². The summed E-state index contributed by atoms with van der Waals surface area (Å²) in [5.74, 6) is 1.09. The number of amides is 1. The highest BCUT2D eigenvalue weighted by Gasteiger charge is 2.43. The van der Waals surface area contributed by atoms with Crippen LogP contribution in [-0.2, 0) is 4.79 Å². The summed E-state index contributed by atoms with van der Waals surface area (Å²) in [7, 11) is 1.64. The number of carbonyl (C=O) groups is 1. The van der Waals surface area contributed by atoms with Gasteiger partial charge in [-0.2, -0.15) is 5.10 Å². The van der Waals surface area contributed by atoms with Crippen molar-refractivity contribution >= 4 is 23.0 Å². The third kappa shape index (κ3) is 3.13. The SMILES string of the molecule is COc1ccc2[nH]cc(/C=N/NC(=O)C3CC3c3ccccc3)c2c1. The van der Waals surface area contributed by atoms with Crippen molar-refractivity contribution in [3.05, 3.63) is 65.9 Å². The molecule has 2 unspecified atom stereocenters. The fraction of sp³-hybridized carbons (Fsp3) is 0.200. The largest absolute Gasteiger partial charge is 0.497 e. The van der Waals surface area contributed by atoms with Crippen LogP contribution in [0, 0.1) is 5.92 Å². The number of benzene rings is 2. The predicted molar refractivity (Wildman–Crippen MR) is 97.9 cm³/mol. The van der Waals surface area contributed by atoms with Gasteiger partial charge < -0.3 is 9.72 Å². The Morgan fingerprint density at radius 1 is 1.28 bits per heavy atom. The van der Waals surface area contributed by atoms with Gasteiger partial charge in [-0.05, 0) is 36.1 Å². The number of aromatic amines is 1. The standard InChI is InChI=1S/C20H19N3O2/c1-25-15-7-8-19-17(9-15)14(11-21-19)12-22-23-20(24)18-10-16(18)13-5-3-2-4-6-13/h2-9,11-12,16,18,21H,10H2,1H3,(H,23,24)/b22-12+. The smallest absolute Gasteiger partial charge is 0.243 e. The van der Waals surface area contributed by atoms with Crippen LogP contribution < -0.4 is 10.2 Å². The summed E-state index contributed by atoms with van der Waals surface area (Å²) in [5.41, 5.74) is 5.79. The van der Waals surface area contributed by atoms with Crippen LogP contribution in [0.3, 0.4) is 0 Å². The average molecular weight is 333 g/mol. The number of fused-ring (bicyclic) bond motifs is 1. The molecule has 2 atom stereocenters. The molecule has 0 bridgehead atoms. The number of carbonyl (C=O) groups excluding carboxylic acids is 1. The van der Waals surface area contributed by atoms with Crippen molar-refractivity contribution in [2.24, 2.45) is 11.0 Å². The maximum atomic E-state index is 12.2. The van der Waals surface area contributed by atoms with E-state index < -0.39 is 0 Å². The number of aromatic nitrogens is 1. The number of hydrogen-bond acceptors (Lipinski definition) is 3. The first kappa shape index (κ1) is 15.4. The van der Waals surface area contributed by atoms with Crippen LogP contribution in [0.1, 0.15) is 23.5 Å². The molecule has 0 saturated heterocycles. The van der Waals surface area contributed by atoms with Crippen LogP contribution in [-0.4, -0.2) is 24.2 Å². The summed E-state index contributed by atoms with van der Waals surface area (Å²) in [6.07, 6.45) is 4.41. The fourth-order valence-corrected chi connectivity index (χ4v) is 3.16. The molecule has 1 amide bonds. The van der Waals surface area contributed by atoms with Gasteiger partial charge >= 0.3 is 0 Å². The molecule has 1 aromatic heterocycles. The maximum absolute atomic E-state index is 12.2. The van der Waals surface area contributed by atoms with Gasteiger partial charge in [-0.15, -0.1) is 0 Å². The lowest BCUT2D eigenvalue weighted by Crippen LogP contribution is -2.20. The van der Waals surface area contributed by atoms with E-state index in [0.717, 1.165) is 28.6 Å². The Morgan fingerprint density at radius 2 is 2.12 bits per heavy atom. The van der Waals surface area contributed by atoms with Gasteiger partial charge in [-0.25, -0.2) is 5.43 Å². The van der Waals surface area contributed by atoms with Crippen LogP contribution >= 0.6 is 0 Å². The van der Waals surface area contributed by atoms with E-state index in [-0.39, 0.29) is 11.8 Å². The lowest BCUT2D eigenvalue weighted by Gasteiger charge is -2.00. The fourth-order valence-electron chi connectivity index (χ4n) is 3.16. The minimum absolute atomic E-state index is 0.0163. The Morgan fingerprint density at radius 3 is 2.92 bits per heavy atom. The van der Waals surface area contributed by atoms with Gasteiger partial charge in [0.05, 0.1) is 13.3 Å². The summed E-state index contributed by atoms with van der Waals surface area (Å²) in [5, 5.41) is 5.13. The highest BCUT2D eigenvalue weighted by atomic mass is 16.5. The van der Waals surface area contributed by atoms with Crippen molar-refractivity contribution in [3.63, 3.8) is 0 Å². The van der Waals surface area contributed by atoms with Gasteiger partial charge in [-0.3, -0.25) is 4.79 Å². The first-order valence-electron chi connectivity index (χ1n) is 8.29. The zero-order chi connectivity index (χ0) is 17.2. The highest BCUT2D eigenvalue weighted by Crippen LogP contribution is 2.47. The number of ether oxygens (including phenoxy) is 1. The molecule has 5 heteroatoms. The van der Waals surface area contributed by atoms with E-state index in [1.54, 1.807) is 13.3 Å². The van der Waals surface area contributed by atoms with Crippen molar-refractivity contribution in [2.75, 3.05) is 7.11 Å². The summed E-state index contributed by atoms with van der Waals surface area (Å²) >= 11 is 0. The molecule has 2 aromatic carbocycles. The second kappa shape index (κ2) is 6.43. The van der Waals surface area contributed by atoms with Crippen LogP contribution in [0.5, 0.6) is 5.75 Å². The van der Waals surface area contributed by atoms with Gasteiger partial charge in [0.1, 0.15) is 5.75 Å². The minimum atomic E-state index is -0.0254. The first-order valence-corrected chi connectivity index (χ1v) is 8.29. The van der Waals surface area contributed by atoms with Gasteiger partial charge in [-0.1, -0.05) is 30.3 Å². The van der Waals surface area contributed by atoms with Crippen LogP contribution in [0.15, 0.2) is 59.8 Å². The van der Waals surface area contributed by atoms with Gasteiger partial charge in [0.2, 0.25) is 5.91 Å². The summed E-state index contributed by atoms with van der Waals surface area (Å²) in [6, 6.07) is 15.9. The van der Waals surface area contributed by atoms with E-state index in [0.29, 0.717) is 5.92 Å². The summed E-state index contributed by atoms with van der Waals surface area (Å²) in [6.45, 7) is 0. The average Bonchev–Trinajstić information content (AvgIpc) is 3.37. The van der Waals surface area contributed by atoms with E-state index in [1.165, 1.54) is 5.56 Å². The number of methoxy groups -OCH3 is 1. The molecule has 5 nitrogen and oxygen atoms in total. The molecule has 1 aliphatic rings. The van der Waals surface area contributed by atoms with Crippen molar-refractivity contribution in [1.82, 2.24) is 10.4 Å². The zero-order valence-electron chi connectivity index (χ0n) is 13.9. The molecule has 4 rings (SSSR count). The van der Waals surface area contributed by atoms with Gasteiger partial charge in [0, 0.05) is 28.6 Å². The zero-order valence-corrected chi connectivity index (χ0v) is 13.9. The van der Waals surface area contributed by atoms with Crippen molar-refractivity contribution in [3.8, 4) is 5.75 Å². The molecule has 1 saturated carbocycles. The Balaban J connectivity index is 1.41. The Kier molecular flexibility index (Phi) is 3.98. The monoisotopic (exact) mass is 333 g/mol. The van der Waals surface area contributed by atoms with Crippen molar-refractivity contribution in [2.45, 2.75) is 12.3 Å². The van der Waals surface area contributed by atoms with Crippen LogP contribution in [0.2, 0.25) is 0 Å². The van der Waals surface area contributed by atoms with E-state index in [9.17, 15) is 4.79 Å². The molecule has 1 heterocycles. The third-order valence-electron chi connectivity index (χ3n) is 4.65. The molecular formula is C20H19N3O2. The number of hydrazone groups is 1. The number of H-pyrrole nitrogens is 1. The van der Waals surface area contributed by atoms with E-state index >= 15 is 0 Å². The van der Waals surface area contributed by atoms with E-state index in [4.69, 9.17) is 4.74 Å². The lowest BCUT2D eigenvalue weighted by molar-refractivity contribution is -0.122. The topological polar surface area (TPSA) is 66.5 Å². The van der Waals surface area contributed by atoms with Gasteiger partial charge in [0.25, 0.3) is 0 Å². The quantitative estimate of drug-likeness (QED) is 0.555. The predicted octanol–water partition coefficient (Wildman–Crippen LogP) is 3.43. The van der Waals surface area contributed by atoms with Crippen molar-refractivity contribution in [1.29, 1.82) is 0 Å². The number of nitrogens with zero attached hydrogens (tertiary/aromatic N) is 1. The molecule has 0 radical (unpaired) electrons. The molecule has 126 valence electrons. The summed E-state index contributed by atoms with van der Waals surface area (Å²) < 4.78 is 5.25. The number of hydrogen-bond donors (Lipinski definition) is 2. The number of nitrogens with one attached hydrogen (secondary N) is 2. The minimum Gasteiger partial charge on any atom is -0.497 e. The third-order valence-corrected chi connectivity index (χ3v) is 4.65. The van der Waals surface area contributed by atoms with Crippen molar-refractivity contribution < 1.29 is 9.53 Å². The normalized spacial score (nSPS) is 19.2. The lowest BCUT2D eigenvalue weighted by atomic mass is 10.1. The summed E-state index contributed by atoms with van der Waals surface area (Å²) in [4.78, 5) is 15.4. The molecule has 25 heavy (non-hydrogen) atoms. The Bertz CT molecular complexity index is 931. The molecule has 0 spiro atoms.